The van der Waals surface area contributed by atoms with Crippen LogP contribution in [0.4, 0.5) is 5.69 Å². The number of hydrogen-bond donors (Lipinski definition) is 1. The van der Waals surface area contributed by atoms with Crippen LogP contribution in [-0.4, -0.2) is 42.2 Å². The Kier molecular flexibility index (Phi) is 4.87. The SMILES string of the molecule is C[C@@H](O)c1ccc(N2CCN(C3CCCC3)CC2)cc1Br. The summed E-state index contributed by atoms with van der Waals surface area (Å²) in [5.74, 6) is 0. The van der Waals surface area contributed by atoms with Gasteiger partial charge in [-0.2, -0.15) is 0 Å². The molecule has 1 aromatic carbocycles. The molecule has 1 saturated heterocycles. The van der Waals surface area contributed by atoms with Crippen LogP contribution < -0.4 is 4.90 Å². The summed E-state index contributed by atoms with van der Waals surface area (Å²) in [6.45, 7) is 6.38. The van der Waals surface area contributed by atoms with E-state index in [1.807, 2.05) is 6.07 Å². The van der Waals surface area contributed by atoms with Gasteiger partial charge in [0.1, 0.15) is 0 Å². The molecular formula is C17H25BrN2O. The van der Waals surface area contributed by atoms with Crippen LogP contribution in [0.2, 0.25) is 0 Å². The summed E-state index contributed by atoms with van der Waals surface area (Å²) in [5, 5.41) is 9.71. The van der Waals surface area contributed by atoms with Crippen molar-refractivity contribution in [3.63, 3.8) is 0 Å². The van der Waals surface area contributed by atoms with Gasteiger partial charge in [-0.15, -0.1) is 0 Å². The van der Waals surface area contributed by atoms with Crippen LogP contribution in [0.1, 0.15) is 44.3 Å². The molecule has 1 atom stereocenters. The molecule has 2 fully saturated rings. The lowest BCUT2D eigenvalue weighted by atomic mass is 10.1. The normalized spacial score (nSPS) is 22.7. The van der Waals surface area contributed by atoms with Gasteiger partial charge in [-0.05, 0) is 37.5 Å². The van der Waals surface area contributed by atoms with Gasteiger partial charge in [0.05, 0.1) is 6.10 Å². The minimum Gasteiger partial charge on any atom is -0.389 e. The molecule has 116 valence electrons. The average molecular weight is 353 g/mol. The maximum absolute atomic E-state index is 9.71. The lowest BCUT2D eigenvalue weighted by molar-refractivity contribution is 0.187. The van der Waals surface area contributed by atoms with E-state index in [0.717, 1.165) is 29.2 Å². The molecule has 0 bridgehead atoms. The second-order valence-corrected chi connectivity index (χ2v) is 7.20. The monoisotopic (exact) mass is 352 g/mol. The van der Waals surface area contributed by atoms with E-state index in [0.29, 0.717) is 0 Å². The Morgan fingerprint density at radius 3 is 2.38 bits per heavy atom. The molecule has 1 saturated carbocycles. The third-order valence-corrected chi connectivity index (χ3v) is 5.64. The number of aliphatic hydroxyl groups excluding tert-OH is 1. The van der Waals surface area contributed by atoms with E-state index in [1.54, 1.807) is 6.92 Å². The fourth-order valence-electron chi connectivity index (χ4n) is 3.67. The molecule has 1 heterocycles. The Balaban J connectivity index is 1.62. The smallest absolute Gasteiger partial charge is 0.0772 e. The number of rotatable bonds is 3. The summed E-state index contributed by atoms with van der Waals surface area (Å²) in [6.07, 6.45) is 5.20. The Morgan fingerprint density at radius 2 is 1.81 bits per heavy atom. The van der Waals surface area contributed by atoms with E-state index < -0.39 is 6.10 Å². The zero-order valence-corrected chi connectivity index (χ0v) is 14.3. The van der Waals surface area contributed by atoms with Crippen LogP contribution in [0.5, 0.6) is 0 Å². The van der Waals surface area contributed by atoms with Crippen LogP contribution in [0, 0.1) is 0 Å². The van der Waals surface area contributed by atoms with E-state index in [-0.39, 0.29) is 0 Å². The summed E-state index contributed by atoms with van der Waals surface area (Å²) < 4.78 is 1.01. The lowest BCUT2D eigenvalue weighted by Gasteiger charge is -2.39. The van der Waals surface area contributed by atoms with Crippen molar-refractivity contribution in [1.29, 1.82) is 0 Å². The molecule has 0 aromatic heterocycles. The number of halogens is 1. The van der Waals surface area contributed by atoms with E-state index in [2.05, 4.69) is 37.9 Å². The number of hydrogen-bond acceptors (Lipinski definition) is 3. The summed E-state index contributed by atoms with van der Waals surface area (Å²) in [4.78, 5) is 5.14. The maximum Gasteiger partial charge on any atom is 0.0772 e. The molecule has 3 rings (SSSR count). The van der Waals surface area contributed by atoms with E-state index >= 15 is 0 Å². The van der Waals surface area contributed by atoms with Gasteiger partial charge in [-0.3, -0.25) is 4.90 Å². The van der Waals surface area contributed by atoms with Crippen LogP contribution >= 0.6 is 15.9 Å². The van der Waals surface area contributed by atoms with Gasteiger partial charge in [0.15, 0.2) is 0 Å². The van der Waals surface area contributed by atoms with Crippen molar-refractivity contribution in [1.82, 2.24) is 4.90 Å². The summed E-state index contributed by atoms with van der Waals surface area (Å²) in [7, 11) is 0. The fraction of sp³-hybridized carbons (Fsp3) is 0.647. The summed E-state index contributed by atoms with van der Waals surface area (Å²) in [5.41, 5.74) is 2.22. The second-order valence-electron chi connectivity index (χ2n) is 6.34. The Hall–Kier alpha value is -0.580. The van der Waals surface area contributed by atoms with Gasteiger partial charge < -0.3 is 10.0 Å². The first-order valence-corrected chi connectivity index (χ1v) is 8.91. The van der Waals surface area contributed by atoms with Gasteiger partial charge in [0.2, 0.25) is 0 Å². The molecule has 0 spiro atoms. The third-order valence-electron chi connectivity index (χ3n) is 4.95. The number of nitrogens with zero attached hydrogens (tertiary/aromatic N) is 2. The van der Waals surface area contributed by atoms with Crippen molar-refractivity contribution in [3.8, 4) is 0 Å². The molecule has 4 heteroatoms. The van der Waals surface area contributed by atoms with Gasteiger partial charge in [0.25, 0.3) is 0 Å². The van der Waals surface area contributed by atoms with Crippen molar-refractivity contribution in [2.45, 2.75) is 44.8 Å². The third kappa shape index (κ3) is 3.43. The predicted octanol–water partition coefficient (Wildman–Crippen LogP) is 3.57. The van der Waals surface area contributed by atoms with Crippen LogP contribution in [0.15, 0.2) is 22.7 Å². The minimum absolute atomic E-state index is 0.423. The van der Waals surface area contributed by atoms with E-state index in [1.165, 1.54) is 44.5 Å². The number of piperazine rings is 1. The van der Waals surface area contributed by atoms with Crippen LogP contribution in [0.25, 0.3) is 0 Å². The van der Waals surface area contributed by atoms with Crippen LogP contribution in [0.3, 0.4) is 0 Å². The molecule has 3 nitrogen and oxygen atoms in total. The standard InChI is InChI=1S/C17H25BrN2O/c1-13(21)16-7-6-15(12-17(16)18)20-10-8-19(9-11-20)14-4-2-3-5-14/h6-7,12-14,21H,2-5,8-11H2,1H3/t13-/m1/s1. The molecule has 1 aromatic rings. The molecule has 1 aliphatic carbocycles. The quantitative estimate of drug-likeness (QED) is 0.900. The Morgan fingerprint density at radius 1 is 1.14 bits per heavy atom. The molecule has 1 N–H and O–H groups in total. The number of anilines is 1. The highest BCUT2D eigenvalue weighted by molar-refractivity contribution is 9.10. The van der Waals surface area contributed by atoms with E-state index in [4.69, 9.17) is 0 Å². The highest BCUT2D eigenvalue weighted by Crippen LogP contribution is 2.30. The molecule has 2 aliphatic rings. The Labute approximate surface area is 136 Å². The van der Waals surface area contributed by atoms with E-state index in [9.17, 15) is 5.11 Å². The molecule has 0 unspecified atom stereocenters. The largest absolute Gasteiger partial charge is 0.389 e. The summed E-state index contributed by atoms with van der Waals surface area (Å²) >= 11 is 3.58. The number of aliphatic hydroxyl groups is 1. The molecule has 21 heavy (non-hydrogen) atoms. The van der Waals surface area contributed by atoms with Crippen molar-refractivity contribution < 1.29 is 5.11 Å². The predicted molar refractivity (Wildman–Crippen MR) is 90.8 cm³/mol. The van der Waals surface area contributed by atoms with Gasteiger partial charge in [-0.1, -0.05) is 34.8 Å². The minimum atomic E-state index is -0.423. The van der Waals surface area contributed by atoms with Crippen molar-refractivity contribution in [3.05, 3.63) is 28.2 Å². The van der Waals surface area contributed by atoms with Crippen LogP contribution in [-0.2, 0) is 0 Å². The first-order chi connectivity index (χ1) is 10.1. The second kappa shape index (κ2) is 6.67. The van der Waals surface area contributed by atoms with Gasteiger partial charge in [-0.25, -0.2) is 0 Å². The molecular weight excluding hydrogens is 328 g/mol. The van der Waals surface area contributed by atoms with Crippen molar-refractivity contribution in [2.24, 2.45) is 0 Å². The molecule has 1 aliphatic heterocycles. The van der Waals surface area contributed by atoms with Gasteiger partial charge >= 0.3 is 0 Å². The molecule has 0 amide bonds. The highest BCUT2D eigenvalue weighted by atomic mass is 79.9. The Bertz CT molecular complexity index is 478. The average Bonchev–Trinajstić information content (AvgIpc) is 3.01. The topological polar surface area (TPSA) is 26.7 Å². The fourth-order valence-corrected chi connectivity index (χ4v) is 4.36. The zero-order valence-electron chi connectivity index (χ0n) is 12.8. The summed E-state index contributed by atoms with van der Waals surface area (Å²) in [6, 6.07) is 7.16. The van der Waals surface area contributed by atoms with Crippen molar-refractivity contribution in [2.75, 3.05) is 31.1 Å². The highest BCUT2D eigenvalue weighted by Gasteiger charge is 2.26. The first-order valence-electron chi connectivity index (χ1n) is 8.11. The lowest BCUT2D eigenvalue weighted by Crippen LogP contribution is -2.49. The zero-order chi connectivity index (χ0) is 14.8. The van der Waals surface area contributed by atoms with Crippen molar-refractivity contribution >= 4 is 21.6 Å². The number of benzene rings is 1. The molecule has 0 radical (unpaired) electrons. The maximum atomic E-state index is 9.71. The first kappa shape index (κ1) is 15.3. The van der Waals surface area contributed by atoms with Gasteiger partial charge in [0, 0.05) is 42.4 Å².